The SMILES string of the molecule is CS(=O)(=O)c1ccc([N+](=O)[O-])c(N2CCNCC2)c1. The van der Waals surface area contributed by atoms with E-state index in [0.717, 1.165) is 19.3 Å². The Morgan fingerprint density at radius 2 is 1.95 bits per heavy atom. The van der Waals surface area contributed by atoms with Gasteiger partial charge in [0, 0.05) is 38.5 Å². The highest BCUT2D eigenvalue weighted by Gasteiger charge is 2.23. The van der Waals surface area contributed by atoms with E-state index in [0.29, 0.717) is 18.8 Å². The van der Waals surface area contributed by atoms with Gasteiger partial charge in [0.05, 0.1) is 9.82 Å². The first-order valence-electron chi connectivity index (χ1n) is 5.84. The molecular formula is C11H15N3O4S. The fourth-order valence-electron chi connectivity index (χ4n) is 2.05. The lowest BCUT2D eigenvalue weighted by atomic mass is 10.2. The molecule has 0 radical (unpaired) electrons. The molecule has 0 unspecified atom stereocenters. The normalized spacial score (nSPS) is 16.4. The van der Waals surface area contributed by atoms with Crippen molar-refractivity contribution in [2.45, 2.75) is 4.90 Å². The molecular weight excluding hydrogens is 270 g/mol. The number of anilines is 1. The predicted molar refractivity (Wildman–Crippen MR) is 71.3 cm³/mol. The van der Waals surface area contributed by atoms with Crippen LogP contribution >= 0.6 is 0 Å². The van der Waals surface area contributed by atoms with Crippen molar-refractivity contribution in [1.82, 2.24) is 5.32 Å². The molecule has 0 saturated carbocycles. The van der Waals surface area contributed by atoms with E-state index in [1.807, 2.05) is 4.90 Å². The maximum absolute atomic E-state index is 11.5. The molecule has 1 aromatic carbocycles. The number of nitro groups is 1. The second-order valence-corrected chi connectivity index (χ2v) is 6.43. The second-order valence-electron chi connectivity index (χ2n) is 4.42. The van der Waals surface area contributed by atoms with Crippen molar-refractivity contribution in [2.75, 3.05) is 37.3 Å². The van der Waals surface area contributed by atoms with Crippen LogP contribution in [0, 0.1) is 10.1 Å². The van der Waals surface area contributed by atoms with Crippen molar-refractivity contribution in [3.63, 3.8) is 0 Å². The smallest absolute Gasteiger partial charge is 0.292 e. The van der Waals surface area contributed by atoms with Gasteiger partial charge in [0.2, 0.25) is 0 Å². The average molecular weight is 285 g/mol. The average Bonchev–Trinajstić information content (AvgIpc) is 2.38. The number of nitro benzene ring substituents is 1. The maximum Gasteiger partial charge on any atom is 0.292 e. The Bertz CT molecular complexity index is 594. The summed E-state index contributed by atoms with van der Waals surface area (Å²) < 4.78 is 23.1. The molecule has 0 atom stereocenters. The van der Waals surface area contributed by atoms with Crippen LogP contribution < -0.4 is 10.2 Å². The van der Waals surface area contributed by atoms with Crippen molar-refractivity contribution >= 4 is 21.2 Å². The first-order valence-corrected chi connectivity index (χ1v) is 7.73. The Labute approximate surface area is 111 Å². The van der Waals surface area contributed by atoms with Crippen LogP contribution in [-0.4, -0.2) is 45.8 Å². The van der Waals surface area contributed by atoms with Crippen LogP contribution in [0.15, 0.2) is 23.1 Å². The number of hydrogen-bond donors (Lipinski definition) is 1. The minimum Gasteiger partial charge on any atom is -0.363 e. The summed E-state index contributed by atoms with van der Waals surface area (Å²) in [7, 11) is -3.37. The molecule has 1 fully saturated rings. The largest absolute Gasteiger partial charge is 0.363 e. The van der Waals surface area contributed by atoms with Crippen molar-refractivity contribution in [2.24, 2.45) is 0 Å². The molecule has 1 saturated heterocycles. The lowest BCUT2D eigenvalue weighted by Crippen LogP contribution is -2.43. The van der Waals surface area contributed by atoms with E-state index < -0.39 is 14.8 Å². The van der Waals surface area contributed by atoms with Crippen LogP contribution in [0.25, 0.3) is 0 Å². The maximum atomic E-state index is 11.5. The van der Waals surface area contributed by atoms with E-state index in [4.69, 9.17) is 0 Å². The molecule has 8 heteroatoms. The number of rotatable bonds is 3. The first kappa shape index (κ1) is 13.8. The van der Waals surface area contributed by atoms with Crippen LogP contribution in [0.2, 0.25) is 0 Å². The lowest BCUT2D eigenvalue weighted by Gasteiger charge is -2.29. The van der Waals surface area contributed by atoms with Gasteiger partial charge in [-0.05, 0) is 12.1 Å². The van der Waals surface area contributed by atoms with Gasteiger partial charge in [-0.3, -0.25) is 10.1 Å². The molecule has 2 rings (SSSR count). The summed E-state index contributed by atoms with van der Waals surface area (Å²) in [5.41, 5.74) is 0.309. The number of piperazine rings is 1. The lowest BCUT2D eigenvalue weighted by molar-refractivity contribution is -0.384. The van der Waals surface area contributed by atoms with E-state index in [1.165, 1.54) is 18.2 Å². The summed E-state index contributed by atoms with van der Waals surface area (Å²) in [5, 5.41) is 14.2. The molecule has 0 amide bonds. The fraction of sp³-hybridized carbons (Fsp3) is 0.455. The molecule has 0 aromatic heterocycles. The third-order valence-corrected chi connectivity index (χ3v) is 4.14. The van der Waals surface area contributed by atoms with Crippen molar-refractivity contribution < 1.29 is 13.3 Å². The highest BCUT2D eigenvalue weighted by atomic mass is 32.2. The van der Waals surface area contributed by atoms with Gasteiger partial charge in [-0.1, -0.05) is 0 Å². The van der Waals surface area contributed by atoms with Crippen LogP contribution in [0.3, 0.4) is 0 Å². The Hall–Kier alpha value is -1.67. The molecule has 1 N–H and O–H groups in total. The van der Waals surface area contributed by atoms with E-state index in [9.17, 15) is 18.5 Å². The van der Waals surface area contributed by atoms with E-state index in [1.54, 1.807) is 0 Å². The van der Waals surface area contributed by atoms with Gasteiger partial charge in [-0.25, -0.2) is 8.42 Å². The van der Waals surface area contributed by atoms with Gasteiger partial charge < -0.3 is 10.2 Å². The highest BCUT2D eigenvalue weighted by molar-refractivity contribution is 7.90. The topological polar surface area (TPSA) is 92.5 Å². The minimum absolute atomic E-state index is 0.0608. The molecule has 0 aliphatic carbocycles. The third-order valence-electron chi connectivity index (χ3n) is 3.03. The number of hydrogen-bond acceptors (Lipinski definition) is 6. The quantitative estimate of drug-likeness (QED) is 0.638. The summed E-state index contributed by atoms with van der Waals surface area (Å²) in [6.07, 6.45) is 1.09. The Kier molecular flexibility index (Phi) is 3.72. The van der Waals surface area contributed by atoms with Crippen LogP contribution in [-0.2, 0) is 9.84 Å². The number of sulfone groups is 1. The van der Waals surface area contributed by atoms with Gasteiger partial charge >= 0.3 is 0 Å². The summed E-state index contributed by atoms with van der Waals surface area (Å²) >= 11 is 0. The van der Waals surface area contributed by atoms with Crippen molar-refractivity contribution in [3.05, 3.63) is 28.3 Å². The van der Waals surface area contributed by atoms with Gasteiger partial charge in [-0.15, -0.1) is 0 Å². The highest BCUT2D eigenvalue weighted by Crippen LogP contribution is 2.31. The van der Waals surface area contributed by atoms with Gasteiger partial charge in [-0.2, -0.15) is 0 Å². The molecule has 0 spiro atoms. The number of nitrogens with one attached hydrogen (secondary N) is 1. The monoisotopic (exact) mass is 285 g/mol. The number of benzene rings is 1. The zero-order chi connectivity index (χ0) is 14.0. The first-order chi connectivity index (χ1) is 8.89. The predicted octanol–water partition coefficient (Wildman–Crippen LogP) is 0.408. The van der Waals surface area contributed by atoms with Crippen LogP contribution in [0.5, 0.6) is 0 Å². The van der Waals surface area contributed by atoms with E-state index >= 15 is 0 Å². The number of nitrogens with zero attached hydrogens (tertiary/aromatic N) is 2. The van der Waals surface area contributed by atoms with Crippen LogP contribution in [0.4, 0.5) is 11.4 Å². The molecule has 0 bridgehead atoms. The molecule has 1 aliphatic heterocycles. The molecule has 1 aromatic rings. The second kappa shape index (κ2) is 5.14. The van der Waals surface area contributed by atoms with Gasteiger partial charge in [0.15, 0.2) is 9.84 Å². The minimum atomic E-state index is -3.37. The summed E-state index contributed by atoms with van der Waals surface area (Å²) in [4.78, 5) is 12.5. The molecule has 1 aliphatic rings. The molecule has 19 heavy (non-hydrogen) atoms. The zero-order valence-corrected chi connectivity index (χ0v) is 11.3. The Morgan fingerprint density at radius 3 is 2.47 bits per heavy atom. The zero-order valence-electron chi connectivity index (χ0n) is 10.5. The van der Waals surface area contributed by atoms with Gasteiger partial charge in [0.25, 0.3) is 5.69 Å². The molecule has 1 heterocycles. The van der Waals surface area contributed by atoms with Crippen molar-refractivity contribution in [3.8, 4) is 0 Å². The fourth-order valence-corrected chi connectivity index (χ4v) is 2.69. The van der Waals surface area contributed by atoms with Gasteiger partial charge in [0.1, 0.15) is 5.69 Å². The Balaban J connectivity index is 2.50. The summed E-state index contributed by atoms with van der Waals surface area (Å²) in [6, 6.07) is 3.92. The summed E-state index contributed by atoms with van der Waals surface area (Å²) in [6.45, 7) is 2.68. The van der Waals surface area contributed by atoms with E-state index in [2.05, 4.69) is 5.32 Å². The summed E-state index contributed by atoms with van der Waals surface area (Å²) in [5.74, 6) is 0. The standard InChI is InChI=1S/C11H15N3O4S/c1-19(17,18)9-2-3-10(14(15)16)11(8-9)13-6-4-12-5-7-13/h2-3,8,12H,4-7H2,1H3. The van der Waals surface area contributed by atoms with Crippen molar-refractivity contribution in [1.29, 1.82) is 0 Å². The third kappa shape index (κ3) is 3.02. The Morgan fingerprint density at radius 1 is 1.32 bits per heavy atom. The van der Waals surface area contributed by atoms with Crippen LogP contribution in [0.1, 0.15) is 0 Å². The van der Waals surface area contributed by atoms with E-state index in [-0.39, 0.29) is 10.6 Å². The molecule has 104 valence electrons. The molecule has 7 nitrogen and oxygen atoms in total.